The summed E-state index contributed by atoms with van der Waals surface area (Å²) in [5.41, 5.74) is 5.62. The van der Waals surface area contributed by atoms with Crippen LogP contribution in [0.25, 0.3) is 11.0 Å². The first-order valence-electron chi connectivity index (χ1n) is 10.7. The topological polar surface area (TPSA) is 59.0 Å². The van der Waals surface area contributed by atoms with E-state index in [2.05, 4.69) is 52.6 Å². The van der Waals surface area contributed by atoms with Crippen molar-refractivity contribution in [3.8, 4) is 0 Å². The van der Waals surface area contributed by atoms with Gasteiger partial charge in [0.05, 0.1) is 11.0 Å². The van der Waals surface area contributed by atoms with Gasteiger partial charge in [0.1, 0.15) is 5.82 Å². The molecule has 150 valence electrons. The molecule has 2 unspecified atom stereocenters. The van der Waals surface area contributed by atoms with Crippen LogP contribution in [0.4, 0.5) is 0 Å². The molecule has 1 saturated carbocycles. The minimum Gasteiger partial charge on any atom is -0.349 e. The van der Waals surface area contributed by atoms with Gasteiger partial charge in [0.15, 0.2) is 0 Å². The molecule has 5 rings (SSSR count). The lowest BCUT2D eigenvalue weighted by molar-refractivity contribution is 0.0924. The van der Waals surface area contributed by atoms with Crippen molar-refractivity contribution in [3.63, 3.8) is 0 Å². The zero-order chi connectivity index (χ0) is 19.8. The van der Waals surface area contributed by atoms with Gasteiger partial charge in [-0.25, -0.2) is 4.98 Å². The molecule has 1 amide bonds. The van der Waals surface area contributed by atoms with Gasteiger partial charge in [0.2, 0.25) is 0 Å². The molecule has 1 aliphatic carbocycles. The number of aryl methyl sites for hydroxylation is 1. The second-order valence-corrected chi connectivity index (χ2v) is 8.46. The highest BCUT2D eigenvalue weighted by Crippen LogP contribution is 2.34. The number of fused-ring (bicyclic) bond motifs is 2. The van der Waals surface area contributed by atoms with Crippen molar-refractivity contribution in [2.75, 3.05) is 6.54 Å². The molecule has 3 aromatic rings. The van der Waals surface area contributed by atoms with Gasteiger partial charge in [-0.1, -0.05) is 24.6 Å². The molecule has 0 saturated heterocycles. The average molecular weight is 389 g/mol. The molecule has 2 aromatic carbocycles. The van der Waals surface area contributed by atoms with Crippen molar-refractivity contribution in [3.05, 3.63) is 65.0 Å². The number of nitrogens with zero attached hydrogens (tertiary/aromatic N) is 2. The summed E-state index contributed by atoms with van der Waals surface area (Å²) in [6, 6.07) is 14.7. The first kappa shape index (κ1) is 18.4. The van der Waals surface area contributed by atoms with Crippen molar-refractivity contribution in [1.82, 2.24) is 20.2 Å². The molecule has 0 radical (unpaired) electrons. The number of rotatable bonds is 3. The molecule has 1 aromatic heterocycles. The zero-order valence-electron chi connectivity index (χ0n) is 16.9. The molecule has 2 heterocycles. The minimum atomic E-state index is 0.0500. The Bertz CT molecular complexity index is 1050. The minimum absolute atomic E-state index is 0.0500. The van der Waals surface area contributed by atoms with E-state index in [1.54, 1.807) is 0 Å². The van der Waals surface area contributed by atoms with Crippen molar-refractivity contribution >= 4 is 16.9 Å². The van der Waals surface area contributed by atoms with Crippen LogP contribution in [0.15, 0.2) is 42.5 Å². The molecule has 2 atom stereocenters. The molecule has 0 spiro atoms. The Hall–Kier alpha value is -2.66. The fourth-order valence-corrected chi connectivity index (χ4v) is 4.98. The maximum atomic E-state index is 12.9. The number of carbonyl (C=O) groups excluding carboxylic acids is 1. The lowest BCUT2D eigenvalue weighted by atomic mass is 9.85. The number of hydrogen-bond acceptors (Lipinski definition) is 3. The predicted molar refractivity (Wildman–Crippen MR) is 115 cm³/mol. The Morgan fingerprint density at radius 1 is 1.17 bits per heavy atom. The molecule has 2 aliphatic rings. The lowest BCUT2D eigenvalue weighted by Crippen LogP contribution is -2.38. The van der Waals surface area contributed by atoms with Crippen molar-refractivity contribution < 1.29 is 4.79 Å². The number of aromatic nitrogens is 2. The molecule has 29 heavy (non-hydrogen) atoms. The molecule has 5 nitrogen and oxygen atoms in total. The van der Waals surface area contributed by atoms with Crippen molar-refractivity contribution in [2.24, 2.45) is 7.05 Å². The van der Waals surface area contributed by atoms with E-state index in [0.717, 1.165) is 62.1 Å². The number of imidazole rings is 1. The lowest BCUT2D eigenvalue weighted by Gasteiger charge is -2.29. The molecule has 1 fully saturated rings. The third-order valence-corrected chi connectivity index (χ3v) is 6.55. The number of hydrogen-bond donors (Lipinski definition) is 2. The van der Waals surface area contributed by atoms with E-state index < -0.39 is 0 Å². The van der Waals surface area contributed by atoms with Gasteiger partial charge in [-0.15, -0.1) is 0 Å². The summed E-state index contributed by atoms with van der Waals surface area (Å²) in [6.45, 7) is 1.87. The summed E-state index contributed by atoms with van der Waals surface area (Å²) < 4.78 is 2.22. The van der Waals surface area contributed by atoms with Crippen LogP contribution in [0.3, 0.4) is 0 Å². The summed E-state index contributed by atoms with van der Waals surface area (Å²) in [5, 5.41) is 6.69. The Balaban J connectivity index is 1.30. The third-order valence-electron chi connectivity index (χ3n) is 6.55. The van der Waals surface area contributed by atoms with Crippen LogP contribution in [0.5, 0.6) is 0 Å². The molecule has 1 aliphatic heterocycles. The highest BCUT2D eigenvalue weighted by molar-refractivity contribution is 5.94. The zero-order valence-corrected chi connectivity index (χ0v) is 16.9. The largest absolute Gasteiger partial charge is 0.349 e. The third kappa shape index (κ3) is 3.55. The van der Waals surface area contributed by atoms with Crippen LogP contribution in [0.2, 0.25) is 0 Å². The molecular weight excluding hydrogens is 360 g/mol. The molecule has 2 N–H and O–H groups in total. The average Bonchev–Trinajstić information content (AvgIpc) is 3.10. The normalized spacial score (nSPS) is 21.7. The summed E-state index contributed by atoms with van der Waals surface area (Å²) in [5.74, 6) is 1.58. The first-order valence-corrected chi connectivity index (χ1v) is 10.7. The second kappa shape index (κ2) is 7.64. The number of carbonyl (C=O) groups is 1. The summed E-state index contributed by atoms with van der Waals surface area (Å²) in [7, 11) is 2.11. The maximum absolute atomic E-state index is 12.9. The first-order chi connectivity index (χ1) is 14.2. The van der Waals surface area contributed by atoms with E-state index in [1.807, 2.05) is 12.1 Å². The van der Waals surface area contributed by atoms with Crippen LogP contribution in [-0.4, -0.2) is 28.0 Å². The summed E-state index contributed by atoms with van der Waals surface area (Å²) in [6.07, 6.45) is 5.29. The monoisotopic (exact) mass is 388 g/mol. The van der Waals surface area contributed by atoms with Crippen LogP contribution >= 0.6 is 0 Å². The molecular formula is C24H28N4O. The van der Waals surface area contributed by atoms with Crippen molar-refractivity contribution in [1.29, 1.82) is 0 Å². The fraction of sp³-hybridized carbons (Fsp3) is 0.417. The van der Waals surface area contributed by atoms with Crippen LogP contribution in [-0.2, 0) is 20.0 Å². The van der Waals surface area contributed by atoms with E-state index in [-0.39, 0.29) is 11.9 Å². The predicted octanol–water partition coefficient (Wildman–Crippen LogP) is 3.68. The van der Waals surface area contributed by atoms with Crippen LogP contribution in [0.1, 0.15) is 58.9 Å². The van der Waals surface area contributed by atoms with Gasteiger partial charge in [-0.05, 0) is 67.6 Å². The van der Waals surface area contributed by atoms with E-state index in [9.17, 15) is 4.79 Å². The van der Waals surface area contributed by atoms with Gasteiger partial charge in [-0.2, -0.15) is 0 Å². The van der Waals surface area contributed by atoms with Gasteiger partial charge < -0.3 is 15.2 Å². The van der Waals surface area contributed by atoms with E-state index in [4.69, 9.17) is 4.98 Å². The quantitative estimate of drug-likeness (QED) is 0.720. The van der Waals surface area contributed by atoms with E-state index in [0.29, 0.717) is 5.92 Å². The molecule has 5 heteroatoms. The molecule has 0 bridgehead atoms. The van der Waals surface area contributed by atoms with Crippen LogP contribution in [0, 0.1) is 0 Å². The summed E-state index contributed by atoms with van der Waals surface area (Å²) >= 11 is 0. The summed E-state index contributed by atoms with van der Waals surface area (Å²) in [4.78, 5) is 17.8. The van der Waals surface area contributed by atoms with Crippen molar-refractivity contribution in [2.45, 2.75) is 50.6 Å². The van der Waals surface area contributed by atoms with E-state index in [1.165, 1.54) is 16.6 Å². The number of benzene rings is 2. The Morgan fingerprint density at radius 3 is 2.97 bits per heavy atom. The Kier molecular flexibility index (Phi) is 4.84. The maximum Gasteiger partial charge on any atom is 0.251 e. The van der Waals surface area contributed by atoms with Crippen LogP contribution < -0.4 is 10.6 Å². The number of nitrogens with one attached hydrogen (secondary N) is 2. The van der Waals surface area contributed by atoms with Gasteiger partial charge in [-0.3, -0.25) is 4.79 Å². The van der Waals surface area contributed by atoms with Gasteiger partial charge in [0.25, 0.3) is 5.91 Å². The van der Waals surface area contributed by atoms with Gasteiger partial charge >= 0.3 is 0 Å². The Labute approximate surface area is 171 Å². The number of amides is 1. The van der Waals surface area contributed by atoms with E-state index >= 15 is 0 Å². The standard InChI is InChI=1S/C24H28N4O/c1-28-22-8-3-2-7-21(22)27-23(28)17-5-4-6-20(14-17)26-24(29)18-10-9-16-11-12-25-15-19(16)13-18/h2-3,7-10,13,17,20,25H,4-6,11-12,14-15H2,1H3,(H,26,29). The Morgan fingerprint density at radius 2 is 2.07 bits per heavy atom. The smallest absolute Gasteiger partial charge is 0.251 e. The SMILES string of the molecule is Cn1c(C2CCCC(NC(=O)c3ccc4c(c3)CNCC4)C2)nc2ccccc21. The second-order valence-electron chi connectivity index (χ2n) is 8.46. The highest BCUT2D eigenvalue weighted by Gasteiger charge is 2.28. The number of para-hydroxylation sites is 2. The fourth-order valence-electron chi connectivity index (χ4n) is 4.98. The highest BCUT2D eigenvalue weighted by atomic mass is 16.1. The van der Waals surface area contributed by atoms with Gasteiger partial charge in [0, 0.05) is 31.1 Å².